The molecule has 6 heteroatoms. The molecule has 6 nitrogen and oxygen atoms in total. The highest BCUT2D eigenvalue weighted by atomic mass is 16.6. The zero-order chi connectivity index (χ0) is 14.2. The monoisotopic (exact) mass is 285 g/mol. The van der Waals surface area contributed by atoms with Crippen molar-refractivity contribution in [2.45, 2.75) is 13.0 Å². The summed E-state index contributed by atoms with van der Waals surface area (Å²) in [5, 5.41) is 6.60. The minimum Gasteiger partial charge on any atom is -0.486 e. The highest BCUT2D eigenvalue weighted by Gasteiger charge is 2.20. The van der Waals surface area contributed by atoms with Gasteiger partial charge in [0.15, 0.2) is 11.5 Å². The second kappa shape index (κ2) is 4.80. The molecule has 0 atom stereocenters. The Morgan fingerprint density at radius 1 is 1.14 bits per heavy atom. The summed E-state index contributed by atoms with van der Waals surface area (Å²) in [6.45, 7) is 2.73. The second-order valence-electron chi connectivity index (χ2n) is 5.20. The largest absolute Gasteiger partial charge is 0.486 e. The van der Waals surface area contributed by atoms with Crippen LogP contribution in [0.4, 0.5) is 5.69 Å². The molecule has 0 bridgehead atoms. The number of benzene rings is 1. The van der Waals surface area contributed by atoms with Gasteiger partial charge in [-0.25, -0.2) is 5.10 Å². The first kappa shape index (κ1) is 12.3. The number of nitrogens with zero attached hydrogens (tertiary/aromatic N) is 2. The number of hydrogen-bond donors (Lipinski definition) is 1. The summed E-state index contributed by atoms with van der Waals surface area (Å²) >= 11 is 0. The normalized spacial score (nSPS) is 16.5. The number of aromatic amines is 1. The third-order valence-electron chi connectivity index (χ3n) is 3.85. The molecule has 0 saturated heterocycles. The van der Waals surface area contributed by atoms with E-state index >= 15 is 0 Å². The van der Waals surface area contributed by atoms with Crippen LogP contribution in [0.15, 0.2) is 29.1 Å². The molecule has 0 radical (unpaired) electrons. The lowest BCUT2D eigenvalue weighted by Crippen LogP contribution is -2.32. The third kappa shape index (κ3) is 2.22. The van der Waals surface area contributed by atoms with Gasteiger partial charge >= 0.3 is 0 Å². The Hall–Kier alpha value is -2.50. The predicted molar refractivity (Wildman–Crippen MR) is 77.0 cm³/mol. The molecule has 2 aliphatic rings. The van der Waals surface area contributed by atoms with Crippen molar-refractivity contribution in [2.24, 2.45) is 0 Å². The van der Waals surface area contributed by atoms with Crippen LogP contribution in [-0.4, -0.2) is 30.0 Å². The van der Waals surface area contributed by atoms with Crippen molar-refractivity contribution < 1.29 is 9.47 Å². The standard InChI is InChI=1S/C15H15N3O3/c19-15-7-10-9-18(4-3-12(10)16-17-15)11-1-2-13-14(8-11)21-6-5-20-13/h1-2,7-8H,3-6,9H2,(H,17,19). The Balaban J connectivity index is 1.64. The molecule has 0 unspecified atom stereocenters. The number of H-pyrrole nitrogens is 1. The van der Waals surface area contributed by atoms with Gasteiger partial charge in [-0.15, -0.1) is 0 Å². The van der Waals surface area contributed by atoms with Gasteiger partial charge in [-0.1, -0.05) is 0 Å². The van der Waals surface area contributed by atoms with Gasteiger partial charge in [0, 0.05) is 42.9 Å². The molecule has 108 valence electrons. The van der Waals surface area contributed by atoms with E-state index in [4.69, 9.17) is 9.47 Å². The van der Waals surface area contributed by atoms with E-state index < -0.39 is 0 Å². The predicted octanol–water partition coefficient (Wildman–Crippen LogP) is 1.10. The van der Waals surface area contributed by atoms with Crippen molar-refractivity contribution in [3.8, 4) is 11.5 Å². The molecule has 1 aromatic carbocycles. The van der Waals surface area contributed by atoms with Gasteiger partial charge < -0.3 is 14.4 Å². The number of nitrogens with one attached hydrogen (secondary N) is 1. The lowest BCUT2D eigenvalue weighted by molar-refractivity contribution is 0.171. The van der Waals surface area contributed by atoms with E-state index in [9.17, 15) is 4.79 Å². The van der Waals surface area contributed by atoms with Crippen molar-refractivity contribution in [1.82, 2.24) is 10.2 Å². The summed E-state index contributed by atoms with van der Waals surface area (Å²) in [6, 6.07) is 7.60. The maximum Gasteiger partial charge on any atom is 0.264 e. The van der Waals surface area contributed by atoms with Crippen LogP contribution in [-0.2, 0) is 13.0 Å². The van der Waals surface area contributed by atoms with Crippen molar-refractivity contribution in [3.05, 3.63) is 45.9 Å². The van der Waals surface area contributed by atoms with Crippen LogP contribution in [0.25, 0.3) is 0 Å². The number of hydrogen-bond acceptors (Lipinski definition) is 5. The fourth-order valence-corrected chi connectivity index (χ4v) is 2.80. The Morgan fingerprint density at radius 2 is 2.00 bits per heavy atom. The zero-order valence-electron chi connectivity index (χ0n) is 11.5. The molecule has 0 amide bonds. The molecule has 2 aliphatic heterocycles. The van der Waals surface area contributed by atoms with Crippen molar-refractivity contribution >= 4 is 5.69 Å². The van der Waals surface area contributed by atoms with E-state index in [-0.39, 0.29) is 5.56 Å². The smallest absolute Gasteiger partial charge is 0.264 e. The fourth-order valence-electron chi connectivity index (χ4n) is 2.80. The van der Waals surface area contributed by atoms with E-state index in [0.717, 1.165) is 41.4 Å². The summed E-state index contributed by atoms with van der Waals surface area (Å²) in [6.07, 6.45) is 0.820. The van der Waals surface area contributed by atoms with Crippen molar-refractivity contribution in [3.63, 3.8) is 0 Å². The number of anilines is 1. The van der Waals surface area contributed by atoms with Gasteiger partial charge in [-0.05, 0) is 12.1 Å². The van der Waals surface area contributed by atoms with Gasteiger partial charge in [0.05, 0.1) is 5.69 Å². The maximum absolute atomic E-state index is 11.4. The Morgan fingerprint density at radius 3 is 2.90 bits per heavy atom. The molecular formula is C15H15N3O3. The molecule has 3 heterocycles. The molecule has 4 rings (SSSR count). The van der Waals surface area contributed by atoms with E-state index in [1.807, 2.05) is 18.2 Å². The first-order valence-electron chi connectivity index (χ1n) is 7.02. The SMILES string of the molecule is O=c1cc2c(n[nH]1)CCN(c1ccc3c(c1)OCCO3)C2. The lowest BCUT2D eigenvalue weighted by Gasteiger charge is -2.30. The summed E-state index contributed by atoms with van der Waals surface area (Å²) in [7, 11) is 0. The Bertz CT molecular complexity index is 741. The minimum atomic E-state index is -0.155. The average molecular weight is 285 g/mol. The number of ether oxygens (including phenoxy) is 2. The van der Waals surface area contributed by atoms with Gasteiger partial charge in [0.25, 0.3) is 5.56 Å². The summed E-state index contributed by atoms with van der Waals surface area (Å²) in [5.74, 6) is 1.58. The lowest BCUT2D eigenvalue weighted by atomic mass is 10.1. The molecule has 0 spiro atoms. The Kier molecular flexibility index (Phi) is 2.80. The molecule has 1 aromatic heterocycles. The first-order chi connectivity index (χ1) is 10.3. The molecule has 2 aromatic rings. The van der Waals surface area contributed by atoms with Gasteiger partial charge in [-0.2, -0.15) is 5.10 Å². The molecule has 0 fully saturated rings. The molecular weight excluding hydrogens is 270 g/mol. The van der Waals surface area contributed by atoms with Gasteiger partial charge in [-0.3, -0.25) is 4.79 Å². The second-order valence-corrected chi connectivity index (χ2v) is 5.20. The van der Waals surface area contributed by atoms with E-state index in [1.54, 1.807) is 6.07 Å². The highest BCUT2D eigenvalue weighted by Crippen LogP contribution is 2.35. The van der Waals surface area contributed by atoms with Crippen LogP contribution in [0.2, 0.25) is 0 Å². The number of rotatable bonds is 1. The summed E-state index contributed by atoms with van der Waals surface area (Å²) in [5.41, 5.74) is 2.88. The van der Waals surface area contributed by atoms with E-state index in [0.29, 0.717) is 19.8 Å². The van der Waals surface area contributed by atoms with Crippen LogP contribution in [0.3, 0.4) is 0 Å². The summed E-state index contributed by atoms with van der Waals surface area (Å²) < 4.78 is 11.2. The molecule has 0 saturated carbocycles. The first-order valence-corrected chi connectivity index (χ1v) is 7.02. The molecule has 21 heavy (non-hydrogen) atoms. The van der Waals surface area contributed by atoms with Crippen LogP contribution >= 0.6 is 0 Å². The van der Waals surface area contributed by atoms with Gasteiger partial charge in [0.2, 0.25) is 0 Å². The Labute approximate surface area is 121 Å². The highest BCUT2D eigenvalue weighted by molar-refractivity contribution is 5.57. The van der Waals surface area contributed by atoms with Gasteiger partial charge in [0.1, 0.15) is 13.2 Å². The zero-order valence-corrected chi connectivity index (χ0v) is 11.5. The van der Waals surface area contributed by atoms with E-state index in [1.165, 1.54) is 0 Å². The molecule has 0 aliphatic carbocycles. The van der Waals surface area contributed by atoms with E-state index in [2.05, 4.69) is 15.1 Å². The van der Waals surface area contributed by atoms with Crippen LogP contribution in [0.1, 0.15) is 11.3 Å². The topological polar surface area (TPSA) is 67.5 Å². The number of aromatic nitrogens is 2. The quantitative estimate of drug-likeness (QED) is 0.850. The van der Waals surface area contributed by atoms with Crippen molar-refractivity contribution in [2.75, 3.05) is 24.7 Å². The fraction of sp³-hybridized carbons (Fsp3) is 0.333. The summed E-state index contributed by atoms with van der Waals surface area (Å²) in [4.78, 5) is 13.6. The number of fused-ring (bicyclic) bond motifs is 2. The third-order valence-corrected chi connectivity index (χ3v) is 3.85. The van der Waals surface area contributed by atoms with Crippen LogP contribution < -0.4 is 19.9 Å². The van der Waals surface area contributed by atoms with Crippen molar-refractivity contribution in [1.29, 1.82) is 0 Å². The average Bonchev–Trinajstić information content (AvgIpc) is 2.53. The minimum absolute atomic E-state index is 0.155. The van der Waals surface area contributed by atoms with Crippen LogP contribution in [0.5, 0.6) is 11.5 Å². The van der Waals surface area contributed by atoms with Crippen LogP contribution in [0, 0.1) is 0 Å². The maximum atomic E-state index is 11.4. The molecule has 1 N–H and O–H groups in total.